The molecule has 0 bridgehead atoms. The molecule has 2 rings (SSSR count). The van der Waals surface area contributed by atoms with Crippen LogP contribution in [-0.2, 0) is 4.74 Å². The highest BCUT2D eigenvalue weighted by atomic mass is 16.5. The first kappa shape index (κ1) is 6.66. The summed E-state index contributed by atoms with van der Waals surface area (Å²) in [7, 11) is 0. The van der Waals surface area contributed by atoms with Crippen molar-refractivity contribution in [3.05, 3.63) is 0 Å². The molecule has 0 aromatic rings. The van der Waals surface area contributed by atoms with E-state index in [1.807, 2.05) is 0 Å². The van der Waals surface area contributed by atoms with Crippen molar-refractivity contribution < 1.29 is 4.74 Å². The Morgan fingerprint density at radius 2 is 2.10 bits per heavy atom. The second-order valence-corrected chi connectivity index (χ2v) is 4.05. The topological polar surface area (TPSA) is 9.23 Å². The van der Waals surface area contributed by atoms with Crippen LogP contribution in [0.25, 0.3) is 0 Å². The van der Waals surface area contributed by atoms with Gasteiger partial charge in [0, 0.05) is 6.42 Å². The van der Waals surface area contributed by atoms with Crippen molar-refractivity contribution in [1.29, 1.82) is 0 Å². The summed E-state index contributed by atoms with van der Waals surface area (Å²) < 4.78 is 5.63. The molecule has 2 atom stereocenters. The summed E-state index contributed by atoms with van der Waals surface area (Å²) in [5, 5.41) is 0. The van der Waals surface area contributed by atoms with Gasteiger partial charge in [-0.3, -0.25) is 0 Å². The van der Waals surface area contributed by atoms with Crippen molar-refractivity contribution in [3.8, 4) is 0 Å². The average Bonchev–Trinajstić information content (AvgIpc) is 1.53. The summed E-state index contributed by atoms with van der Waals surface area (Å²) >= 11 is 0. The van der Waals surface area contributed by atoms with Crippen molar-refractivity contribution in [2.75, 3.05) is 6.61 Å². The van der Waals surface area contributed by atoms with E-state index in [0.717, 1.165) is 18.4 Å². The van der Waals surface area contributed by atoms with Gasteiger partial charge in [-0.15, -0.1) is 0 Å². The molecule has 0 N–H and O–H groups in total. The largest absolute Gasteiger partial charge is 0.374 e. The van der Waals surface area contributed by atoms with E-state index in [4.69, 9.17) is 4.74 Å². The van der Waals surface area contributed by atoms with Crippen LogP contribution in [0.5, 0.6) is 0 Å². The third kappa shape index (κ3) is 0.672. The second kappa shape index (κ2) is 1.97. The van der Waals surface area contributed by atoms with Crippen LogP contribution in [0.15, 0.2) is 0 Å². The zero-order valence-electron chi connectivity index (χ0n) is 6.89. The molecule has 1 spiro atoms. The highest BCUT2D eigenvalue weighted by Gasteiger charge is 2.53. The van der Waals surface area contributed by atoms with Gasteiger partial charge in [0.1, 0.15) is 0 Å². The Labute approximate surface area is 62.8 Å². The Balaban J connectivity index is 1.99. The zero-order valence-corrected chi connectivity index (χ0v) is 6.89. The molecule has 1 heteroatoms. The fraction of sp³-hybridized carbons (Fsp3) is 1.00. The van der Waals surface area contributed by atoms with Gasteiger partial charge in [-0.1, -0.05) is 13.8 Å². The first-order valence-electron chi connectivity index (χ1n) is 4.38. The van der Waals surface area contributed by atoms with E-state index < -0.39 is 0 Å². The SMILES string of the molecule is CC(C)C1CCC12CCO2. The molecule has 1 aliphatic carbocycles. The van der Waals surface area contributed by atoms with Crippen LogP contribution >= 0.6 is 0 Å². The predicted molar refractivity (Wildman–Crippen MR) is 40.9 cm³/mol. The van der Waals surface area contributed by atoms with Gasteiger partial charge >= 0.3 is 0 Å². The van der Waals surface area contributed by atoms with Crippen molar-refractivity contribution in [3.63, 3.8) is 0 Å². The summed E-state index contributed by atoms with van der Waals surface area (Å²) in [6, 6.07) is 0. The molecule has 10 heavy (non-hydrogen) atoms. The van der Waals surface area contributed by atoms with Gasteiger partial charge in [0.2, 0.25) is 0 Å². The van der Waals surface area contributed by atoms with E-state index in [1.165, 1.54) is 19.3 Å². The molecule has 0 radical (unpaired) electrons. The van der Waals surface area contributed by atoms with Crippen LogP contribution in [0.2, 0.25) is 0 Å². The van der Waals surface area contributed by atoms with Gasteiger partial charge in [-0.2, -0.15) is 0 Å². The lowest BCUT2D eigenvalue weighted by molar-refractivity contribution is -0.239. The third-order valence-corrected chi connectivity index (χ3v) is 3.27. The number of rotatable bonds is 1. The Hall–Kier alpha value is -0.0400. The highest BCUT2D eigenvalue weighted by Crippen LogP contribution is 2.52. The Bertz CT molecular complexity index is 130. The van der Waals surface area contributed by atoms with E-state index in [2.05, 4.69) is 13.8 Å². The maximum absolute atomic E-state index is 5.63. The number of hydrogen-bond donors (Lipinski definition) is 0. The minimum atomic E-state index is 0.383. The number of hydrogen-bond acceptors (Lipinski definition) is 1. The van der Waals surface area contributed by atoms with Crippen molar-refractivity contribution in [1.82, 2.24) is 0 Å². The van der Waals surface area contributed by atoms with Crippen LogP contribution in [0, 0.1) is 11.8 Å². The number of ether oxygens (including phenoxy) is 1. The Kier molecular flexibility index (Phi) is 1.31. The second-order valence-electron chi connectivity index (χ2n) is 4.05. The van der Waals surface area contributed by atoms with Gasteiger partial charge < -0.3 is 4.74 Å². The van der Waals surface area contributed by atoms with Gasteiger partial charge in [-0.25, -0.2) is 0 Å². The van der Waals surface area contributed by atoms with Crippen LogP contribution in [0.4, 0.5) is 0 Å². The molecule has 0 aromatic heterocycles. The van der Waals surface area contributed by atoms with E-state index in [-0.39, 0.29) is 0 Å². The molecular weight excluding hydrogens is 124 g/mol. The molecule has 1 aliphatic heterocycles. The molecule has 1 saturated carbocycles. The van der Waals surface area contributed by atoms with Gasteiger partial charge in [-0.05, 0) is 24.7 Å². The Morgan fingerprint density at radius 3 is 2.20 bits per heavy atom. The van der Waals surface area contributed by atoms with E-state index >= 15 is 0 Å². The summed E-state index contributed by atoms with van der Waals surface area (Å²) in [4.78, 5) is 0. The highest BCUT2D eigenvalue weighted by molar-refractivity contribution is 5.03. The first-order valence-corrected chi connectivity index (χ1v) is 4.38. The molecule has 1 nitrogen and oxygen atoms in total. The molecule has 2 unspecified atom stereocenters. The van der Waals surface area contributed by atoms with E-state index in [0.29, 0.717) is 5.60 Å². The maximum Gasteiger partial charge on any atom is 0.0735 e. The smallest absolute Gasteiger partial charge is 0.0735 e. The molecule has 58 valence electrons. The molecule has 2 fully saturated rings. The fourth-order valence-corrected chi connectivity index (χ4v) is 2.43. The molecule has 2 aliphatic rings. The summed E-state index contributed by atoms with van der Waals surface area (Å²) in [6.45, 7) is 5.64. The van der Waals surface area contributed by atoms with E-state index in [1.54, 1.807) is 0 Å². The average molecular weight is 140 g/mol. The maximum atomic E-state index is 5.63. The molecule has 0 aromatic carbocycles. The van der Waals surface area contributed by atoms with Crippen LogP contribution in [0.1, 0.15) is 33.1 Å². The van der Waals surface area contributed by atoms with Crippen molar-refractivity contribution >= 4 is 0 Å². The summed E-state index contributed by atoms with van der Waals surface area (Å²) in [5.74, 6) is 1.70. The molecular formula is C9H16O. The van der Waals surface area contributed by atoms with Crippen LogP contribution in [0.3, 0.4) is 0 Å². The lowest BCUT2D eigenvalue weighted by Crippen LogP contribution is -2.58. The Morgan fingerprint density at radius 1 is 1.40 bits per heavy atom. The van der Waals surface area contributed by atoms with Gasteiger partial charge in [0.05, 0.1) is 12.2 Å². The lowest BCUT2D eigenvalue weighted by atomic mass is 9.61. The van der Waals surface area contributed by atoms with Crippen LogP contribution in [-0.4, -0.2) is 12.2 Å². The minimum absolute atomic E-state index is 0.383. The van der Waals surface area contributed by atoms with Gasteiger partial charge in [0.15, 0.2) is 0 Å². The predicted octanol–water partition coefficient (Wildman–Crippen LogP) is 2.21. The molecule has 1 heterocycles. The summed E-state index contributed by atoms with van der Waals surface area (Å²) in [5.41, 5.74) is 0.383. The molecule has 0 amide bonds. The summed E-state index contributed by atoms with van der Waals surface area (Å²) in [6.07, 6.45) is 4.06. The third-order valence-electron chi connectivity index (χ3n) is 3.27. The van der Waals surface area contributed by atoms with E-state index in [9.17, 15) is 0 Å². The quantitative estimate of drug-likeness (QED) is 0.542. The first-order chi connectivity index (χ1) is 4.75. The normalized spacial score (nSPS) is 45.3. The standard InChI is InChI=1S/C9H16O/c1-7(2)8-3-4-9(8)5-6-10-9/h7-8H,3-6H2,1-2H3. The molecule has 1 saturated heterocycles. The van der Waals surface area contributed by atoms with Crippen molar-refractivity contribution in [2.45, 2.75) is 38.7 Å². The van der Waals surface area contributed by atoms with Crippen molar-refractivity contribution in [2.24, 2.45) is 11.8 Å². The minimum Gasteiger partial charge on any atom is -0.374 e. The van der Waals surface area contributed by atoms with Crippen LogP contribution < -0.4 is 0 Å². The lowest BCUT2D eigenvalue weighted by Gasteiger charge is -2.57. The monoisotopic (exact) mass is 140 g/mol. The fourth-order valence-electron chi connectivity index (χ4n) is 2.43. The zero-order chi connectivity index (χ0) is 7.19. The van der Waals surface area contributed by atoms with Gasteiger partial charge in [0.25, 0.3) is 0 Å².